The van der Waals surface area contributed by atoms with Crippen molar-refractivity contribution in [3.05, 3.63) is 78.1 Å². The number of benzene rings is 2. The van der Waals surface area contributed by atoms with Crippen molar-refractivity contribution in [2.24, 2.45) is 0 Å². The van der Waals surface area contributed by atoms with Crippen LogP contribution in [-0.4, -0.2) is 20.7 Å². The summed E-state index contributed by atoms with van der Waals surface area (Å²) in [5.74, 6) is 1.53. The number of hydrogen-bond donors (Lipinski definition) is 1. The van der Waals surface area contributed by atoms with Crippen molar-refractivity contribution >= 4 is 11.6 Å². The van der Waals surface area contributed by atoms with E-state index in [1.54, 1.807) is 24.3 Å². The maximum atomic E-state index is 13.9. The van der Waals surface area contributed by atoms with Gasteiger partial charge in [-0.1, -0.05) is 18.6 Å². The van der Waals surface area contributed by atoms with Crippen LogP contribution in [0.2, 0.25) is 0 Å². The second-order valence-corrected chi connectivity index (χ2v) is 7.58. The van der Waals surface area contributed by atoms with Gasteiger partial charge in [-0.3, -0.25) is 4.79 Å². The van der Waals surface area contributed by atoms with Gasteiger partial charge in [0.15, 0.2) is 11.6 Å². The minimum atomic E-state index is -0.397. The van der Waals surface area contributed by atoms with Crippen LogP contribution >= 0.6 is 0 Å². The lowest BCUT2D eigenvalue weighted by atomic mass is 10.1. The molecule has 0 unspecified atom stereocenters. The smallest absolute Gasteiger partial charge is 0.291 e. The van der Waals surface area contributed by atoms with Crippen molar-refractivity contribution in [2.75, 3.05) is 5.32 Å². The number of aromatic nitrogens is 3. The maximum absolute atomic E-state index is 13.9. The number of carbonyl (C=O) groups excluding carboxylic acids is 1. The molecule has 0 spiro atoms. The fourth-order valence-corrected chi connectivity index (χ4v) is 3.86. The van der Waals surface area contributed by atoms with Gasteiger partial charge in [0.1, 0.15) is 17.4 Å². The first-order chi connectivity index (χ1) is 15.2. The number of amides is 1. The Labute approximate surface area is 178 Å². The predicted octanol–water partition coefficient (Wildman–Crippen LogP) is 5.32. The summed E-state index contributed by atoms with van der Waals surface area (Å²) in [6.45, 7) is 0.930. The lowest BCUT2D eigenvalue weighted by Crippen LogP contribution is -2.10. The molecule has 1 amide bonds. The maximum Gasteiger partial charge on any atom is 0.291 e. The van der Waals surface area contributed by atoms with E-state index in [2.05, 4.69) is 20.1 Å². The van der Waals surface area contributed by atoms with E-state index in [4.69, 9.17) is 4.42 Å². The van der Waals surface area contributed by atoms with Gasteiger partial charge in [0.05, 0.1) is 5.56 Å². The van der Waals surface area contributed by atoms with Crippen molar-refractivity contribution in [3.63, 3.8) is 0 Å². The van der Waals surface area contributed by atoms with E-state index in [-0.39, 0.29) is 5.76 Å². The Kier molecular flexibility index (Phi) is 5.08. The number of fused-ring (bicyclic) bond motifs is 1. The zero-order chi connectivity index (χ0) is 21.2. The molecule has 6 nitrogen and oxygen atoms in total. The van der Waals surface area contributed by atoms with Crippen molar-refractivity contribution in [2.45, 2.75) is 32.2 Å². The molecule has 0 aliphatic carbocycles. The summed E-state index contributed by atoms with van der Waals surface area (Å²) in [7, 11) is 0. The average Bonchev–Trinajstić information content (AvgIpc) is 3.37. The van der Waals surface area contributed by atoms with Crippen LogP contribution in [0.3, 0.4) is 0 Å². The molecule has 0 atom stereocenters. The number of nitrogens with zero attached hydrogens (tertiary/aromatic N) is 3. The highest BCUT2D eigenvalue weighted by Crippen LogP contribution is 2.26. The fraction of sp³-hybridized carbons (Fsp3) is 0.208. The minimum Gasteiger partial charge on any atom is -0.451 e. The quantitative estimate of drug-likeness (QED) is 0.488. The molecule has 5 rings (SSSR count). The van der Waals surface area contributed by atoms with Crippen LogP contribution in [0.15, 0.2) is 65.1 Å². The van der Waals surface area contributed by atoms with E-state index >= 15 is 0 Å². The number of furan rings is 1. The lowest BCUT2D eigenvalue weighted by molar-refractivity contribution is 0.0997. The Morgan fingerprint density at radius 1 is 0.968 bits per heavy atom. The van der Waals surface area contributed by atoms with Gasteiger partial charge in [0.2, 0.25) is 0 Å². The summed E-state index contributed by atoms with van der Waals surface area (Å²) in [5, 5.41) is 11.5. The molecule has 1 aliphatic heterocycles. The Morgan fingerprint density at radius 2 is 1.81 bits per heavy atom. The molecule has 7 heteroatoms. The van der Waals surface area contributed by atoms with Crippen molar-refractivity contribution < 1.29 is 13.6 Å². The van der Waals surface area contributed by atoms with Gasteiger partial charge in [0, 0.05) is 24.2 Å². The molecule has 2 aromatic carbocycles. The molecule has 0 saturated carbocycles. The van der Waals surface area contributed by atoms with Crippen LogP contribution in [-0.2, 0) is 13.0 Å². The second kappa shape index (κ2) is 8.18. The fourth-order valence-electron chi connectivity index (χ4n) is 3.86. The molecule has 2 aromatic heterocycles. The molecule has 0 radical (unpaired) electrons. The molecular formula is C24H21FN4O2. The van der Waals surface area contributed by atoms with Crippen molar-refractivity contribution in [3.8, 4) is 22.7 Å². The van der Waals surface area contributed by atoms with E-state index in [0.29, 0.717) is 17.0 Å². The molecule has 1 N–H and O–H groups in total. The molecule has 0 bridgehead atoms. The number of aryl methyl sites for hydroxylation is 1. The largest absolute Gasteiger partial charge is 0.451 e. The van der Waals surface area contributed by atoms with Gasteiger partial charge in [-0.2, -0.15) is 0 Å². The first-order valence-electron chi connectivity index (χ1n) is 10.4. The molecule has 0 saturated heterocycles. The monoisotopic (exact) mass is 416 g/mol. The second-order valence-electron chi connectivity index (χ2n) is 7.58. The summed E-state index contributed by atoms with van der Waals surface area (Å²) < 4.78 is 21.7. The average molecular weight is 416 g/mol. The van der Waals surface area contributed by atoms with Gasteiger partial charge in [-0.25, -0.2) is 4.39 Å². The zero-order valence-corrected chi connectivity index (χ0v) is 16.8. The van der Waals surface area contributed by atoms with E-state index in [9.17, 15) is 9.18 Å². The van der Waals surface area contributed by atoms with Crippen LogP contribution in [0.25, 0.3) is 22.7 Å². The predicted molar refractivity (Wildman–Crippen MR) is 115 cm³/mol. The minimum absolute atomic E-state index is 0.116. The number of anilines is 1. The first-order valence-corrected chi connectivity index (χ1v) is 10.4. The van der Waals surface area contributed by atoms with E-state index in [1.165, 1.54) is 18.6 Å². The molecule has 3 heterocycles. The highest BCUT2D eigenvalue weighted by molar-refractivity contribution is 6.02. The lowest BCUT2D eigenvalue weighted by Gasteiger charge is -2.08. The molecular weight excluding hydrogens is 395 g/mol. The summed E-state index contributed by atoms with van der Waals surface area (Å²) in [5.41, 5.74) is 1.91. The van der Waals surface area contributed by atoms with Gasteiger partial charge < -0.3 is 14.3 Å². The van der Waals surface area contributed by atoms with E-state index in [1.807, 2.05) is 24.3 Å². The third-order valence-corrected chi connectivity index (χ3v) is 5.48. The van der Waals surface area contributed by atoms with Gasteiger partial charge in [0.25, 0.3) is 5.91 Å². The summed E-state index contributed by atoms with van der Waals surface area (Å²) >= 11 is 0. The number of nitrogens with one attached hydrogen (secondary N) is 1. The Bertz CT molecular complexity index is 1230. The molecule has 156 valence electrons. The summed E-state index contributed by atoms with van der Waals surface area (Å²) in [6.07, 6.45) is 4.44. The number of halogens is 1. The Hall–Kier alpha value is -3.74. The van der Waals surface area contributed by atoms with E-state index in [0.717, 1.165) is 43.0 Å². The van der Waals surface area contributed by atoms with Gasteiger partial charge in [-0.05, 0) is 61.4 Å². The topological polar surface area (TPSA) is 73.0 Å². The van der Waals surface area contributed by atoms with Gasteiger partial charge in [-0.15, -0.1) is 10.2 Å². The number of carbonyl (C=O) groups is 1. The van der Waals surface area contributed by atoms with E-state index < -0.39 is 11.7 Å². The standard InChI is InChI=1S/C24H21FN4O2/c25-19-7-4-3-6-18(19)20-13-14-21(31-20)24(30)26-17-11-9-16(10-12-17)23-28-27-22-8-2-1-5-15-29(22)23/h3-4,6-7,9-14H,1-2,5,8,15H2,(H,26,30). The SMILES string of the molecule is O=C(Nc1ccc(-c2nnc3n2CCCCC3)cc1)c1ccc(-c2ccccc2F)o1. The van der Waals surface area contributed by atoms with Crippen LogP contribution in [0.4, 0.5) is 10.1 Å². The van der Waals surface area contributed by atoms with Crippen LogP contribution in [0.1, 0.15) is 35.6 Å². The normalized spacial score (nSPS) is 13.5. The molecule has 0 fully saturated rings. The van der Waals surface area contributed by atoms with Crippen molar-refractivity contribution in [1.82, 2.24) is 14.8 Å². The zero-order valence-electron chi connectivity index (χ0n) is 16.8. The van der Waals surface area contributed by atoms with Crippen LogP contribution < -0.4 is 5.32 Å². The summed E-state index contributed by atoms with van der Waals surface area (Å²) in [4.78, 5) is 12.6. The Morgan fingerprint density at radius 3 is 2.65 bits per heavy atom. The highest BCUT2D eigenvalue weighted by atomic mass is 19.1. The third-order valence-electron chi connectivity index (χ3n) is 5.48. The summed E-state index contributed by atoms with van der Waals surface area (Å²) in [6, 6.07) is 16.9. The molecule has 4 aromatic rings. The number of hydrogen-bond acceptors (Lipinski definition) is 4. The molecule has 1 aliphatic rings. The van der Waals surface area contributed by atoms with Crippen LogP contribution in [0, 0.1) is 5.82 Å². The Balaban J connectivity index is 1.31. The van der Waals surface area contributed by atoms with Gasteiger partial charge >= 0.3 is 0 Å². The number of rotatable bonds is 4. The molecule has 31 heavy (non-hydrogen) atoms. The van der Waals surface area contributed by atoms with Crippen LogP contribution in [0.5, 0.6) is 0 Å². The highest BCUT2D eigenvalue weighted by Gasteiger charge is 2.17. The third kappa shape index (κ3) is 3.86. The van der Waals surface area contributed by atoms with Crippen molar-refractivity contribution in [1.29, 1.82) is 0 Å². The first kappa shape index (κ1) is 19.2.